The van der Waals surface area contributed by atoms with Crippen LogP contribution in [-0.2, 0) is 5.41 Å². The van der Waals surface area contributed by atoms with Crippen molar-refractivity contribution in [2.45, 2.75) is 85.5 Å². The van der Waals surface area contributed by atoms with Gasteiger partial charge in [0.2, 0.25) is 0 Å². The third-order valence-electron chi connectivity index (χ3n) is 9.32. The Bertz CT molecular complexity index is 1460. The first-order valence-corrected chi connectivity index (χ1v) is 15.4. The van der Waals surface area contributed by atoms with Gasteiger partial charge < -0.3 is 0 Å². The monoisotopic (exact) mass is 538 g/mol. The summed E-state index contributed by atoms with van der Waals surface area (Å²) in [5.74, 6) is 0. The lowest BCUT2D eigenvalue weighted by Gasteiger charge is -2.33. The molecule has 0 N–H and O–H groups in total. The Morgan fingerprint density at radius 2 is 0.902 bits per heavy atom. The van der Waals surface area contributed by atoms with E-state index in [0.717, 1.165) is 38.5 Å². The van der Waals surface area contributed by atoms with E-state index in [4.69, 9.17) is 0 Å². The molecule has 1 aliphatic rings. The van der Waals surface area contributed by atoms with Crippen LogP contribution in [0.1, 0.15) is 83.0 Å². The van der Waals surface area contributed by atoms with Gasteiger partial charge in [0.1, 0.15) is 0 Å². The zero-order chi connectivity index (χ0) is 29.3. The number of benzene rings is 4. The Kier molecular flexibility index (Phi) is 8.23. The lowest BCUT2D eigenvalue weighted by atomic mass is 9.70. The highest BCUT2D eigenvalue weighted by molar-refractivity contribution is 5.87. The molecule has 4 aromatic rings. The van der Waals surface area contributed by atoms with Crippen LogP contribution in [0.3, 0.4) is 0 Å². The van der Waals surface area contributed by atoms with E-state index >= 15 is 0 Å². The Labute approximate surface area is 248 Å². The van der Waals surface area contributed by atoms with Gasteiger partial charge in [0.15, 0.2) is 0 Å². The maximum atomic E-state index is 4.06. The van der Waals surface area contributed by atoms with Crippen LogP contribution in [-0.4, -0.2) is 0 Å². The van der Waals surface area contributed by atoms with Crippen molar-refractivity contribution < 1.29 is 0 Å². The first-order valence-electron chi connectivity index (χ1n) is 15.4. The summed E-state index contributed by atoms with van der Waals surface area (Å²) >= 11 is 0. The van der Waals surface area contributed by atoms with Gasteiger partial charge in [-0.05, 0) is 159 Å². The average Bonchev–Trinajstić information content (AvgIpc) is 3.17. The molecule has 0 aromatic heterocycles. The molecule has 210 valence electrons. The van der Waals surface area contributed by atoms with Crippen LogP contribution >= 0.6 is 0 Å². The molecule has 0 heteroatoms. The van der Waals surface area contributed by atoms with E-state index in [1.54, 1.807) is 0 Å². The standard InChI is InChI=1S/C41H46/c1-9-11-13-19-41(20-14-12-10-2)37-25-33(39-29(5)21-27(3)22-30(39)6)15-17-35(37)36-18-16-34(26-38(36)41)40-31(7)23-28(4)24-32(40)8/h9-10,15-18,21-26H,1-2,11-14,19-20H2,3-8H3. The second-order valence-corrected chi connectivity index (χ2v) is 12.5. The van der Waals surface area contributed by atoms with Crippen LogP contribution in [0.4, 0.5) is 0 Å². The smallest absolute Gasteiger partial charge is 0.0215 e. The third kappa shape index (κ3) is 5.26. The van der Waals surface area contributed by atoms with E-state index in [1.807, 2.05) is 0 Å². The molecule has 0 unspecified atom stereocenters. The Morgan fingerprint density at radius 3 is 1.24 bits per heavy atom. The molecule has 41 heavy (non-hydrogen) atoms. The largest absolute Gasteiger partial charge is 0.103 e. The fraction of sp³-hybridized carbons (Fsp3) is 0.317. The second-order valence-electron chi connectivity index (χ2n) is 12.5. The van der Waals surface area contributed by atoms with E-state index in [-0.39, 0.29) is 5.41 Å². The van der Waals surface area contributed by atoms with E-state index in [9.17, 15) is 0 Å². The molecule has 0 nitrogen and oxygen atoms in total. The number of unbranched alkanes of at least 4 members (excludes halogenated alkanes) is 2. The van der Waals surface area contributed by atoms with Crippen molar-refractivity contribution in [3.05, 3.63) is 130 Å². The zero-order valence-corrected chi connectivity index (χ0v) is 26.1. The highest BCUT2D eigenvalue weighted by Gasteiger charge is 2.42. The molecule has 0 bridgehead atoms. The molecular weight excluding hydrogens is 492 g/mol. The average molecular weight is 539 g/mol. The quantitative estimate of drug-likeness (QED) is 0.139. The van der Waals surface area contributed by atoms with Gasteiger partial charge in [-0.2, -0.15) is 0 Å². The van der Waals surface area contributed by atoms with Crippen LogP contribution < -0.4 is 0 Å². The SMILES string of the molecule is C=CCCCC1(CCCC=C)c2cc(-c3c(C)cc(C)cc3C)ccc2-c2ccc(-c3c(C)cc(C)cc3C)cc21. The fourth-order valence-corrected chi connectivity index (χ4v) is 7.84. The molecule has 0 saturated heterocycles. The van der Waals surface area contributed by atoms with Gasteiger partial charge in [-0.25, -0.2) is 0 Å². The normalized spacial score (nSPS) is 13.1. The van der Waals surface area contributed by atoms with Crippen LogP contribution in [0.15, 0.2) is 86.0 Å². The highest BCUT2D eigenvalue weighted by atomic mass is 14.5. The van der Waals surface area contributed by atoms with Gasteiger partial charge in [0, 0.05) is 5.41 Å². The summed E-state index contributed by atoms with van der Waals surface area (Å²) in [6, 6.07) is 23.9. The van der Waals surface area contributed by atoms with Gasteiger partial charge in [-0.1, -0.05) is 71.8 Å². The summed E-state index contributed by atoms with van der Waals surface area (Å²) in [5.41, 5.74) is 19.3. The summed E-state index contributed by atoms with van der Waals surface area (Å²) in [6.45, 7) is 21.6. The number of hydrogen-bond donors (Lipinski definition) is 0. The van der Waals surface area contributed by atoms with Gasteiger partial charge in [-0.15, -0.1) is 13.2 Å². The van der Waals surface area contributed by atoms with Crippen molar-refractivity contribution in [1.29, 1.82) is 0 Å². The van der Waals surface area contributed by atoms with Crippen LogP contribution in [0, 0.1) is 41.5 Å². The molecule has 0 fully saturated rings. The topological polar surface area (TPSA) is 0 Å². The van der Waals surface area contributed by atoms with E-state index in [2.05, 4.69) is 128 Å². The van der Waals surface area contributed by atoms with Crippen molar-refractivity contribution in [3.8, 4) is 33.4 Å². The predicted molar refractivity (Wildman–Crippen MR) is 180 cm³/mol. The van der Waals surface area contributed by atoms with Crippen molar-refractivity contribution >= 4 is 0 Å². The van der Waals surface area contributed by atoms with Crippen molar-refractivity contribution in [2.24, 2.45) is 0 Å². The lowest BCUT2D eigenvalue weighted by Crippen LogP contribution is -2.25. The van der Waals surface area contributed by atoms with Crippen LogP contribution in [0.2, 0.25) is 0 Å². The minimum absolute atomic E-state index is 0.0261. The predicted octanol–water partition coefficient (Wildman–Crippen LogP) is 11.9. The minimum atomic E-state index is -0.0261. The van der Waals surface area contributed by atoms with Gasteiger partial charge in [-0.3, -0.25) is 0 Å². The van der Waals surface area contributed by atoms with E-state index in [0.29, 0.717) is 0 Å². The number of aryl methyl sites for hydroxylation is 6. The molecular formula is C41H46. The van der Waals surface area contributed by atoms with E-state index < -0.39 is 0 Å². The Hall–Kier alpha value is -3.64. The Morgan fingerprint density at radius 1 is 0.537 bits per heavy atom. The summed E-state index contributed by atoms with van der Waals surface area (Å²) in [6.07, 6.45) is 10.8. The molecule has 0 heterocycles. The van der Waals surface area contributed by atoms with Crippen LogP contribution in [0.25, 0.3) is 33.4 Å². The van der Waals surface area contributed by atoms with Gasteiger partial charge in [0.25, 0.3) is 0 Å². The first kappa shape index (κ1) is 28.9. The molecule has 0 saturated carbocycles. The van der Waals surface area contributed by atoms with E-state index in [1.165, 1.54) is 77.9 Å². The number of fused-ring (bicyclic) bond motifs is 3. The number of hydrogen-bond acceptors (Lipinski definition) is 0. The number of rotatable bonds is 10. The Balaban J connectivity index is 1.75. The van der Waals surface area contributed by atoms with Crippen molar-refractivity contribution in [2.75, 3.05) is 0 Å². The maximum Gasteiger partial charge on any atom is 0.0215 e. The van der Waals surface area contributed by atoms with Crippen molar-refractivity contribution in [3.63, 3.8) is 0 Å². The van der Waals surface area contributed by atoms with Crippen molar-refractivity contribution in [1.82, 2.24) is 0 Å². The molecule has 0 amide bonds. The molecule has 0 radical (unpaired) electrons. The molecule has 4 aromatic carbocycles. The summed E-state index contributed by atoms with van der Waals surface area (Å²) in [4.78, 5) is 0. The summed E-state index contributed by atoms with van der Waals surface area (Å²) in [7, 11) is 0. The minimum Gasteiger partial charge on any atom is -0.103 e. The summed E-state index contributed by atoms with van der Waals surface area (Å²) in [5, 5.41) is 0. The highest BCUT2D eigenvalue weighted by Crippen LogP contribution is 2.56. The molecule has 5 rings (SSSR count). The first-order chi connectivity index (χ1) is 19.7. The maximum absolute atomic E-state index is 4.06. The molecule has 0 spiro atoms. The number of allylic oxidation sites excluding steroid dienone is 2. The fourth-order valence-electron chi connectivity index (χ4n) is 7.84. The second kappa shape index (κ2) is 11.7. The molecule has 1 aliphatic carbocycles. The lowest BCUT2D eigenvalue weighted by molar-refractivity contribution is 0.422. The third-order valence-corrected chi connectivity index (χ3v) is 9.32. The van der Waals surface area contributed by atoms with Gasteiger partial charge in [0.05, 0.1) is 0 Å². The van der Waals surface area contributed by atoms with Crippen LogP contribution in [0.5, 0.6) is 0 Å². The van der Waals surface area contributed by atoms with Gasteiger partial charge >= 0.3 is 0 Å². The zero-order valence-electron chi connectivity index (χ0n) is 26.1. The molecule has 0 atom stereocenters. The summed E-state index contributed by atoms with van der Waals surface area (Å²) < 4.78 is 0. The molecule has 0 aliphatic heterocycles.